The molecule has 76 valence electrons. The lowest BCUT2D eigenvalue weighted by molar-refractivity contribution is -0.135. The minimum Gasteiger partial charge on any atom is -0.433 e. The van der Waals surface area contributed by atoms with E-state index in [9.17, 15) is 4.79 Å². The molecule has 3 nitrogen and oxygen atoms in total. The number of nitrogens with zero attached hydrogens (tertiary/aromatic N) is 1. The van der Waals surface area contributed by atoms with Gasteiger partial charge in [0, 0.05) is 11.9 Å². The Kier molecular flexibility index (Phi) is 3.90. The molecule has 1 rings (SSSR count). The number of ether oxygens (including phenoxy) is 1. The number of esters is 1. The third-order valence-corrected chi connectivity index (χ3v) is 1.87. The molecule has 1 aromatic rings. The maximum atomic E-state index is 10.6. The number of carbonyl (C=O) groups is 1. The molecule has 0 saturated heterocycles. The van der Waals surface area contributed by atoms with Gasteiger partial charge in [-0.3, -0.25) is 4.79 Å². The molecule has 0 aromatic heterocycles. The summed E-state index contributed by atoms with van der Waals surface area (Å²) in [6, 6.07) is 8.62. The van der Waals surface area contributed by atoms with Gasteiger partial charge in [-0.25, -0.2) is 0 Å². The average Bonchev–Trinajstić information content (AvgIpc) is 2.21. The highest BCUT2D eigenvalue weighted by atomic mass is 35.5. The van der Waals surface area contributed by atoms with Crippen LogP contribution in [0, 0.1) is 11.3 Å². The molecular formula is C11H8ClNO2. The summed E-state index contributed by atoms with van der Waals surface area (Å²) in [7, 11) is 0. The highest BCUT2D eigenvalue weighted by Crippen LogP contribution is 2.16. The van der Waals surface area contributed by atoms with E-state index >= 15 is 0 Å². The topological polar surface area (TPSA) is 50.1 Å². The summed E-state index contributed by atoms with van der Waals surface area (Å²) in [6.07, 6.45) is 1.13. The summed E-state index contributed by atoms with van der Waals surface area (Å²) in [5.74, 6) is -0.461. The number of hydrogen-bond donors (Lipinski definition) is 0. The van der Waals surface area contributed by atoms with Crippen molar-refractivity contribution in [1.29, 1.82) is 5.26 Å². The molecule has 1 aromatic carbocycles. The van der Waals surface area contributed by atoms with E-state index in [1.165, 1.54) is 6.92 Å². The minimum absolute atomic E-state index is 0.280. The van der Waals surface area contributed by atoms with E-state index in [4.69, 9.17) is 16.9 Å². The fourth-order valence-corrected chi connectivity index (χ4v) is 1.06. The zero-order valence-electron chi connectivity index (χ0n) is 8.03. The van der Waals surface area contributed by atoms with Gasteiger partial charge in [0.25, 0.3) is 0 Å². The fourth-order valence-electron chi connectivity index (χ4n) is 0.930. The Morgan fingerprint density at radius 3 is 2.53 bits per heavy atom. The molecule has 0 aliphatic carbocycles. The fraction of sp³-hybridized carbons (Fsp3) is 0.0909. The Morgan fingerprint density at radius 2 is 2.07 bits per heavy atom. The lowest BCUT2D eigenvalue weighted by Crippen LogP contribution is -1.92. The van der Waals surface area contributed by atoms with Gasteiger partial charge in [0.1, 0.15) is 12.3 Å². The van der Waals surface area contributed by atoms with E-state index < -0.39 is 5.97 Å². The summed E-state index contributed by atoms with van der Waals surface area (Å²) in [4.78, 5) is 10.6. The summed E-state index contributed by atoms with van der Waals surface area (Å²) in [5.41, 5.74) is 0.935. The van der Waals surface area contributed by atoms with E-state index in [-0.39, 0.29) is 5.57 Å². The first kappa shape index (κ1) is 11.3. The highest BCUT2D eigenvalue weighted by molar-refractivity contribution is 6.30. The van der Waals surface area contributed by atoms with Crippen molar-refractivity contribution in [2.75, 3.05) is 0 Å². The van der Waals surface area contributed by atoms with Crippen LogP contribution in [0.1, 0.15) is 12.5 Å². The first-order valence-corrected chi connectivity index (χ1v) is 4.54. The van der Waals surface area contributed by atoms with Crippen LogP contribution in [0.3, 0.4) is 0 Å². The maximum Gasteiger partial charge on any atom is 0.307 e. The van der Waals surface area contributed by atoms with Crippen molar-refractivity contribution in [3.05, 3.63) is 41.1 Å². The number of hydrogen-bond acceptors (Lipinski definition) is 3. The van der Waals surface area contributed by atoms with E-state index in [0.29, 0.717) is 10.6 Å². The highest BCUT2D eigenvalue weighted by Gasteiger charge is 2.01. The largest absolute Gasteiger partial charge is 0.433 e. The first-order chi connectivity index (χ1) is 7.13. The SMILES string of the molecule is CC(=O)O/C=C(\C#N)c1ccc(Cl)cc1. The summed E-state index contributed by atoms with van der Waals surface area (Å²) >= 11 is 5.70. The molecule has 0 N–H and O–H groups in total. The van der Waals surface area contributed by atoms with E-state index in [0.717, 1.165) is 6.26 Å². The van der Waals surface area contributed by atoms with Crippen LogP contribution < -0.4 is 0 Å². The smallest absolute Gasteiger partial charge is 0.307 e. The van der Waals surface area contributed by atoms with Crippen molar-refractivity contribution in [1.82, 2.24) is 0 Å². The summed E-state index contributed by atoms with van der Waals surface area (Å²) < 4.78 is 4.62. The molecule has 0 radical (unpaired) electrons. The number of benzene rings is 1. The Balaban J connectivity index is 2.93. The van der Waals surface area contributed by atoms with Crippen molar-refractivity contribution in [3.63, 3.8) is 0 Å². The monoisotopic (exact) mass is 221 g/mol. The second-order valence-electron chi connectivity index (χ2n) is 2.76. The van der Waals surface area contributed by atoms with Crippen molar-refractivity contribution in [2.45, 2.75) is 6.92 Å². The molecule has 0 amide bonds. The van der Waals surface area contributed by atoms with Gasteiger partial charge in [0.05, 0.1) is 5.57 Å². The first-order valence-electron chi connectivity index (χ1n) is 4.17. The van der Waals surface area contributed by atoms with E-state index in [1.54, 1.807) is 24.3 Å². The van der Waals surface area contributed by atoms with Crippen LogP contribution in [0.4, 0.5) is 0 Å². The van der Waals surface area contributed by atoms with Gasteiger partial charge in [-0.15, -0.1) is 0 Å². The molecule has 0 aliphatic heterocycles. The molecule has 0 aliphatic rings. The number of rotatable bonds is 2. The Morgan fingerprint density at radius 1 is 1.47 bits per heavy atom. The van der Waals surface area contributed by atoms with Crippen molar-refractivity contribution in [2.24, 2.45) is 0 Å². The van der Waals surface area contributed by atoms with Crippen LogP contribution in [0.25, 0.3) is 5.57 Å². The molecular weight excluding hydrogens is 214 g/mol. The third-order valence-electron chi connectivity index (χ3n) is 1.62. The summed E-state index contributed by atoms with van der Waals surface area (Å²) in [5, 5.41) is 9.41. The molecule has 0 unspecified atom stereocenters. The predicted octanol–water partition coefficient (Wildman–Crippen LogP) is 2.77. The van der Waals surface area contributed by atoms with Crippen LogP contribution in [-0.2, 0) is 9.53 Å². The van der Waals surface area contributed by atoms with E-state index in [2.05, 4.69) is 4.74 Å². The standard InChI is InChI=1S/C11H8ClNO2/c1-8(14)15-7-10(6-13)9-2-4-11(12)5-3-9/h2-5,7H,1H3/b10-7+. The number of carbonyl (C=O) groups excluding carboxylic acids is 1. The second kappa shape index (κ2) is 5.18. The molecule has 15 heavy (non-hydrogen) atoms. The number of nitriles is 1. The van der Waals surface area contributed by atoms with Gasteiger partial charge in [0.2, 0.25) is 0 Å². The van der Waals surface area contributed by atoms with Gasteiger partial charge in [0.15, 0.2) is 0 Å². The minimum atomic E-state index is -0.461. The van der Waals surface area contributed by atoms with Gasteiger partial charge in [-0.2, -0.15) is 5.26 Å². The van der Waals surface area contributed by atoms with Crippen LogP contribution in [0.15, 0.2) is 30.5 Å². The van der Waals surface area contributed by atoms with Crippen molar-refractivity contribution >= 4 is 23.1 Å². The van der Waals surface area contributed by atoms with Crippen LogP contribution in [-0.4, -0.2) is 5.97 Å². The Bertz CT molecular complexity index is 429. The molecule has 0 spiro atoms. The molecule has 0 heterocycles. The lowest BCUT2D eigenvalue weighted by atomic mass is 10.1. The quantitative estimate of drug-likeness (QED) is 0.438. The molecule has 4 heteroatoms. The molecule has 0 fully saturated rings. The normalized spacial score (nSPS) is 10.6. The third kappa shape index (κ3) is 3.45. The second-order valence-corrected chi connectivity index (χ2v) is 3.20. The zero-order valence-corrected chi connectivity index (χ0v) is 8.78. The van der Waals surface area contributed by atoms with Crippen molar-refractivity contribution in [3.8, 4) is 6.07 Å². The average molecular weight is 222 g/mol. The van der Waals surface area contributed by atoms with Crippen LogP contribution >= 0.6 is 11.6 Å². The molecule has 0 atom stereocenters. The number of halogens is 1. The zero-order chi connectivity index (χ0) is 11.3. The van der Waals surface area contributed by atoms with Gasteiger partial charge in [-0.05, 0) is 17.7 Å². The Labute approximate surface area is 92.5 Å². The van der Waals surface area contributed by atoms with Gasteiger partial charge in [-0.1, -0.05) is 23.7 Å². The molecule has 0 bridgehead atoms. The summed E-state index contributed by atoms with van der Waals surface area (Å²) in [6.45, 7) is 1.27. The van der Waals surface area contributed by atoms with Crippen molar-refractivity contribution < 1.29 is 9.53 Å². The Hall–Kier alpha value is -1.79. The van der Waals surface area contributed by atoms with Crippen LogP contribution in [0.2, 0.25) is 5.02 Å². The lowest BCUT2D eigenvalue weighted by Gasteiger charge is -1.99. The predicted molar refractivity (Wildman–Crippen MR) is 56.8 cm³/mol. The van der Waals surface area contributed by atoms with Crippen LogP contribution in [0.5, 0.6) is 0 Å². The van der Waals surface area contributed by atoms with E-state index in [1.807, 2.05) is 6.07 Å². The van der Waals surface area contributed by atoms with Gasteiger partial charge < -0.3 is 4.74 Å². The van der Waals surface area contributed by atoms with Gasteiger partial charge >= 0.3 is 5.97 Å². The molecule has 0 saturated carbocycles. The number of allylic oxidation sites excluding steroid dienone is 1. The maximum absolute atomic E-state index is 10.6.